The molecule has 1 atom stereocenters. The van der Waals surface area contributed by atoms with E-state index in [-0.39, 0.29) is 6.23 Å². The second-order valence-electron chi connectivity index (χ2n) is 3.82. The zero-order valence-electron chi connectivity index (χ0n) is 9.22. The van der Waals surface area contributed by atoms with Crippen molar-refractivity contribution in [2.75, 3.05) is 12.4 Å². The second kappa shape index (κ2) is 4.07. The molecule has 1 aliphatic heterocycles. The van der Waals surface area contributed by atoms with Crippen molar-refractivity contribution < 1.29 is 9.30 Å². The molecular formula is C13H14NOS+. The predicted molar refractivity (Wildman–Crippen MR) is 65.5 cm³/mol. The third-order valence-electron chi connectivity index (χ3n) is 2.86. The summed E-state index contributed by atoms with van der Waals surface area (Å²) in [6.07, 6.45) is 0.191. The number of benzene rings is 1. The lowest BCUT2D eigenvalue weighted by atomic mass is 10.2. The van der Waals surface area contributed by atoms with Crippen molar-refractivity contribution >= 4 is 22.7 Å². The predicted octanol–water partition coefficient (Wildman–Crippen LogP) is 2.77. The van der Waals surface area contributed by atoms with Gasteiger partial charge in [-0.2, -0.15) is 4.57 Å². The van der Waals surface area contributed by atoms with Gasteiger partial charge in [-0.05, 0) is 30.8 Å². The van der Waals surface area contributed by atoms with Crippen LogP contribution in [-0.2, 0) is 4.74 Å². The largest absolute Gasteiger partial charge is 0.320 e. The molecule has 2 heterocycles. The van der Waals surface area contributed by atoms with E-state index >= 15 is 0 Å². The van der Waals surface area contributed by atoms with Gasteiger partial charge in [0, 0.05) is 17.5 Å². The van der Waals surface area contributed by atoms with Gasteiger partial charge in [0.2, 0.25) is 10.5 Å². The zero-order valence-corrected chi connectivity index (χ0v) is 10.0. The third-order valence-corrected chi connectivity index (χ3v) is 3.94. The van der Waals surface area contributed by atoms with E-state index in [1.54, 1.807) is 0 Å². The minimum Gasteiger partial charge on any atom is -0.320 e. The number of hydrogen-bond donors (Lipinski definition) is 0. The first-order chi connectivity index (χ1) is 7.90. The normalized spacial score (nSPS) is 18.9. The molecule has 3 heteroatoms. The van der Waals surface area contributed by atoms with E-state index in [2.05, 4.69) is 41.0 Å². The molecule has 0 amide bonds. The zero-order chi connectivity index (χ0) is 11.0. The summed E-state index contributed by atoms with van der Waals surface area (Å²) in [4.78, 5) is 0. The molecule has 2 aromatic rings. The molecule has 1 aromatic carbocycles. The summed E-state index contributed by atoms with van der Waals surface area (Å²) < 4.78 is 8.09. The molecule has 0 N–H and O–H groups in total. The number of para-hydroxylation sites is 1. The van der Waals surface area contributed by atoms with Crippen LogP contribution in [0.2, 0.25) is 0 Å². The van der Waals surface area contributed by atoms with Crippen molar-refractivity contribution in [2.45, 2.75) is 18.2 Å². The van der Waals surface area contributed by atoms with Gasteiger partial charge < -0.3 is 4.74 Å². The lowest BCUT2D eigenvalue weighted by molar-refractivity contribution is -0.761. The highest BCUT2D eigenvalue weighted by Gasteiger charge is 2.33. The second-order valence-corrected chi connectivity index (χ2v) is 4.86. The SMILES string of the molecule is CCOC1CSc2ccc3ccccc3[n+]21. The molecule has 0 saturated heterocycles. The summed E-state index contributed by atoms with van der Waals surface area (Å²) in [5, 5.41) is 2.58. The Balaban J connectivity index is 2.20. The molecule has 0 fully saturated rings. The molecule has 1 aliphatic rings. The highest BCUT2D eigenvalue weighted by Crippen LogP contribution is 2.29. The van der Waals surface area contributed by atoms with Gasteiger partial charge in [-0.15, -0.1) is 0 Å². The fourth-order valence-electron chi connectivity index (χ4n) is 2.17. The number of fused-ring (bicyclic) bond motifs is 3. The Bertz CT molecular complexity index is 524. The summed E-state index contributed by atoms with van der Waals surface area (Å²) in [5.74, 6) is 1.02. The number of thioether (sulfide) groups is 1. The van der Waals surface area contributed by atoms with E-state index in [0.29, 0.717) is 0 Å². The average molecular weight is 232 g/mol. The smallest absolute Gasteiger partial charge is 0.273 e. The molecular weight excluding hydrogens is 218 g/mol. The van der Waals surface area contributed by atoms with E-state index in [9.17, 15) is 0 Å². The number of pyridine rings is 1. The van der Waals surface area contributed by atoms with Gasteiger partial charge in [-0.3, -0.25) is 0 Å². The molecule has 1 unspecified atom stereocenters. The highest BCUT2D eigenvalue weighted by molar-refractivity contribution is 7.99. The van der Waals surface area contributed by atoms with Crippen molar-refractivity contribution in [2.24, 2.45) is 0 Å². The average Bonchev–Trinajstić information content (AvgIpc) is 2.73. The maximum atomic E-state index is 5.78. The first kappa shape index (κ1) is 10.1. The number of nitrogens with zero attached hydrogens (tertiary/aromatic N) is 1. The van der Waals surface area contributed by atoms with E-state index < -0.39 is 0 Å². The topological polar surface area (TPSA) is 13.1 Å². The van der Waals surface area contributed by atoms with Gasteiger partial charge in [0.15, 0.2) is 0 Å². The number of aromatic nitrogens is 1. The lowest BCUT2D eigenvalue weighted by Gasteiger charge is -2.07. The molecule has 0 spiro atoms. The van der Waals surface area contributed by atoms with Crippen LogP contribution in [0.1, 0.15) is 13.2 Å². The third kappa shape index (κ3) is 1.51. The first-order valence-corrected chi connectivity index (χ1v) is 6.56. The van der Waals surface area contributed by atoms with Crippen LogP contribution in [0.3, 0.4) is 0 Å². The molecule has 3 rings (SSSR count). The molecule has 0 saturated carbocycles. The summed E-state index contributed by atoms with van der Waals surface area (Å²) >= 11 is 1.87. The van der Waals surface area contributed by atoms with Crippen LogP contribution < -0.4 is 4.57 Å². The van der Waals surface area contributed by atoms with Crippen molar-refractivity contribution in [1.29, 1.82) is 0 Å². The van der Waals surface area contributed by atoms with E-state index in [1.807, 2.05) is 18.7 Å². The highest BCUT2D eigenvalue weighted by atomic mass is 32.2. The van der Waals surface area contributed by atoms with E-state index in [0.717, 1.165) is 12.4 Å². The van der Waals surface area contributed by atoms with Gasteiger partial charge in [0.05, 0.1) is 12.4 Å². The van der Waals surface area contributed by atoms with Crippen LogP contribution >= 0.6 is 11.8 Å². The van der Waals surface area contributed by atoms with Crippen molar-refractivity contribution in [3.63, 3.8) is 0 Å². The Morgan fingerprint density at radius 1 is 1.31 bits per heavy atom. The first-order valence-electron chi connectivity index (χ1n) is 5.58. The van der Waals surface area contributed by atoms with Crippen LogP contribution in [0.4, 0.5) is 0 Å². The number of hydrogen-bond acceptors (Lipinski definition) is 2. The molecule has 16 heavy (non-hydrogen) atoms. The number of ether oxygens (including phenoxy) is 1. The Morgan fingerprint density at radius 3 is 3.06 bits per heavy atom. The van der Waals surface area contributed by atoms with Crippen LogP contribution in [0.15, 0.2) is 41.4 Å². The molecule has 0 radical (unpaired) electrons. The molecule has 2 nitrogen and oxygen atoms in total. The fraction of sp³-hybridized carbons (Fsp3) is 0.308. The Hall–Kier alpha value is -1.06. The van der Waals surface area contributed by atoms with Crippen molar-refractivity contribution in [1.82, 2.24) is 0 Å². The van der Waals surface area contributed by atoms with Crippen molar-refractivity contribution in [3.8, 4) is 0 Å². The van der Waals surface area contributed by atoms with Gasteiger partial charge in [-0.1, -0.05) is 12.1 Å². The maximum absolute atomic E-state index is 5.78. The Labute approximate surface area is 99.2 Å². The van der Waals surface area contributed by atoms with Crippen LogP contribution in [0.5, 0.6) is 0 Å². The summed E-state index contributed by atoms with van der Waals surface area (Å²) in [5.41, 5.74) is 1.27. The fourth-order valence-corrected chi connectivity index (χ4v) is 3.25. The standard InChI is InChI=1S/C13H14NOS/c1-2-15-12-9-16-13-8-7-10-5-3-4-6-11(10)14(12)13/h3-8,12H,2,9H2,1H3/q+1. The quantitative estimate of drug-likeness (QED) is 0.739. The summed E-state index contributed by atoms with van der Waals surface area (Å²) in [6, 6.07) is 12.8. The molecule has 0 aliphatic carbocycles. The van der Waals surface area contributed by atoms with Gasteiger partial charge in [0.25, 0.3) is 6.23 Å². The van der Waals surface area contributed by atoms with Gasteiger partial charge >= 0.3 is 0 Å². The van der Waals surface area contributed by atoms with Gasteiger partial charge in [-0.25, -0.2) is 0 Å². The minimum atomic E-state index is 0.191. The molecule has 82 valence electrons. The lowest BCUT2D eigenvalue weighted by Crippen LogP contribution is -2.40. The molecule has 1 aromatic heterocycles. The van der Waals surface area contributed by atoms with Crippen molar-refractivity contribution in [3.05, 3.63) is 36.4 Å². The molecule has 0 bridgehead atoms. The van der Waals surface area contributed by atoms with Gasteiger partial charge in [0.1, 0.15) is 0 Å². The minimum absolute atomic E-state index is 0.191. The maximum Gasteiger partial charge on any atom is 0.273 e. The van der Waals surface area contributed by atoms with E-state index in [1.165, 1.54) is 15.9 Å². The van der Waals surface area contributed by atoms with Crippen LogP contribution in [-0.4, -0.2) is 12.4 Å². The Kier molecular flexibility index (Phi) is 2.58. The summed E-state index contributed by atoms with van der Waals surface area (Å²) in [6.45, 7) is 2.81. The van der Waals surface area contributed by atoms with Crippen LogP contribution in [0, 0.1) is 0 Å². The van der Waals surface area contributed by atoms with E-state index in [4.69, 9.17) is 4.74 Å². The Morgan fingerprint density at radius 2 is 2.19 bits per heavy atom. The monoisotopic (exact) mass is 232 g/mol. The van der Waals surface area contributed by atoms with Crippen LogP contribution in [0.25, 0.3) is 10.9 Å². The number of rotatable bonds is 2. The summed E-state index contributed by atoms with van der Waals surface area (Å²) in [7, 11) is 0.